The van der Waals surface area contributed by atoms with Gasteiger partial charge in [-0.1, -0.05) is 13.8 Å². The van der Waals surface area contributed by atoms with Crippen LogP contribution in [-0.4, -0.2) is 63.8 Å². The van der Waals surface area contributed by atoms with Gasteiger partial charge in [-0.15, -0.1) is 0 Å². The Balaban J connectivity index is 4.75. The molecule has 10 heteroatoms. The summed E-state index contributed by atoms with van der Waals surface area (Å²) in [6.45, 7) is 2.37. The van der Waals surface area contributed by atoms with Crippen LogP contribution in [0.25, 0.3) is 0 Å². The van der Waals surface area contributed by atoms with Crippen LogP contribution in [-0.2, 0) is 19.2 Å². The quantitative estimate of drug-likeness (QED) is 0.269. The number of aliphatic carboxylic acids is 2. The predicted octanol–water partition coefficient (Wildman–Crippen LogP) is -2.51. The molecule has 0 spiro atoms. The SMILES string of the molecule is CC(C)[C@H](NC(=O)[C@H](CO)NC(=O)[C@@H](N)CC(=O)O)C(=O)O. The zero-order chi connectivity index (χ0) is 17.4. The van der Waals surface area contributed by atoms with Crippen molar-refractivity contribution in [2.45, 2.75) is 38.4 Å². The van der Waals surface area contributed by atoms with E-state index in [2.05, 4.69) is 10.6 Å². The van der Waals surface area contributed by atoms with E-state index < -0.39 is 60.8 Å². The first kappa shape index (κ1) is 19.8. The van der Waals surface area contributed by atoms with Gasteiger partial charge in [0.15, 0.2) is 0 Å². The number of carbonyl (C=O) groups is 4. The molecule has 3 atom stereocenters. The minimum absolute atomic E-state index is 0.411. The first-order valence-corrected chi connectivity index (χ1v) is 6.51. The van der Waals surface area contributed by atoms with E-state index in [-0.39, 0.29) is 0 Å². The van der Waals surface area contributed by atoms with Crippen molar-refractivity contribution in [3.63, 3.8) is 0 Å². The molecule has 0 unspecified atom stereocenters. The molecule has 0 aliphatic carbocycles. The second-order valence-electron chi connectivity index (χ2n) is 5.02. The third kappa shape index (κ3) is 6.50. The summed E-state index contributed by atoms with van der Waals surface area (Å²) in [6, 6.07) is -4.00. The maximum Gasteiger partial charge on any atom is 0.326 e. The van der Waals surface area contributed by atoms with Crippen LogP contribution in [0, 0.1) is 5.92 Å². The molecular formula is C12H21N3O7. The van der Waals surface area contributed by atoms with Crippen molar-refractivity contribution in [1.82, 2.24) is 10.6 Å². The lowest BCUT2D eigenvalue weighted by Crippen LogP contribution is -2.56. The van der Waals surface area contributed by atoms with Gasteiger partial charge in [-0.2, -0.15) is 0 Å². The highest BCUT2D eigenvalue weighted by Crippen LogP contribution is 2.02. The molecule has 2 amide bonds. The van der Waals surface area contributed by atoms with Gasteiger partial charge in [-0.25, -0.2) is 4.79 Å². The van der Waals surface area contributed by atoms with Crippen molar-refractivity contribution in [2.24, 2.45) is 11.7 Å². The van der Waals surface area contributed by atoms with Gasteiger partial charge >= 0.3 is 11.9 Å². The molecule has 0 aromatic heterocycles. The van der Waals surface area contributed by atoms with Gasteiger partial charge < -0.3 is 31.7 Å². The molecule has 22 heavy (non-hydrogen) atoms. The Morgan fingerprint density at radius 1 is 1.05 bits per heavy atom. The predicted molar refractivity (Wildman–Crippen MR) is 73.6 cm³/mol. The number of amides is 2. The van der Waals surface area contributed by atoms with E-state index in [1.54, 1.807) is 13.8 Å². The van der Waals surface area contributed by atoms with Crippen LogP contribution in [0.2, 0.25) is 0 Å². The van der Waals surface area contributed by atoms with Crippen LogP contribution in [0.5, 0.6) is 0 Å². The standard InChI is InChI=1S/C12H21N3O7/c1-5(2)9(12(21)22)15-11(20)7(4-16)14-10(19)6(13)3-8(17)18/h5-7,9,16H,3-4,13H2,1-2H3,(H,14,19)(H,15,20)(H,17,18)(H,21,22)/t6-,7-,9-/m0/s1. The molecule has 0 radical (unpaired) electrons. The smallest absolute Gasteiger partial charge is 0.326 e. The first-order chi connectivity index (χ1) is 10.1. The fraction of sp³-hybridized carbons (Fsp3) is 0.667. The average molecular weight is 319 g/mol. The van der Waals surface area contributed by atoms with Crippen LogP contribution in [0.1, 0.15) is 20.3 Å². The fourth-order valence-electron chi connectivity index (χ4n) is 1.52. The van der Waals surface area contributed by atoms with Crippen molar-refractivity contribution < 1.29 is 34.5 Å². The molecule has 7 N–H and O–H groups in total. The molecule has 0 aliphatic rings. The van der Waals surface area contributed by atoms with Crippen molar-refractivity contribution in [3.8, 4) is 0 Å². The number of aliphatic hydroxyl groups excluding tert-OH is 1. The maximum absolute atomic E-state index is 11.9. The summed E-state index contributed by atoms with van der Waals surface area (Å²) in [5.41, 5.74) is 5.32. The van der Waals surface area contributed by atoms with Crippen LogP contribution < -0.4 is 16.4 Å². The Bertz CT molecular complexity index is 438. The number of carboxylic acid groups (broad SMARTS) is 2. The summed E-state index contributed by atoms with van der Waals surface area (Å²) in [7, 11) is 0. The van der Waals surface area contributed by atoms with Crippen LogP contribution in [0.4, 0.5) is 0 Å². The minimum Gasteiger partial charge on any atom is -0.481 e. The van der Waals surface area contributed by atoms with E-state index >= 15 is 0 Å². The van der Waals surface area contributed by atoms with E-state index in [1.165, 1.54) is 0 Å². The third-order valence-electron chi connectivity index (χ3n) is 2.78. The van der Waals surface area contributed by atoms with Crippen LogP contribution in [0.15, 0.2) is 0 Å². The van der Waals surface area contributed by atoms with Gasteiger partial charge in [0.2, 0.25) is 11.8 Å². The number of hydrogen-bond donors (Lipinski definition) is 6. The van der Waals surface area contributed by atoms with Gasteiger partial charge in [-0.3, -0.25) is 14.4 Å². The summed E-state index contributed by atoms with van der Waals surface area (Å²) in [4.78, 5) is 44.9. The number of rotatable bonds is 9. The Labute approximate surface area is 126 Å². The second-order valence-corrected chi connectivity index (χ2v) is 5.02. The highest BCUT2D eigenvalue weighted by Gasteiger charge is 2.29. The number of carboxylic acids is 2. The zero-order valence-corrected chi connectivity index (χ0v) is 12.3. The van der Waals surface area contributed by atoms with Crippen molar-refractivity contribution in [3.05, 3.63) is 0 Å². The number of nitrogens with two attached hydrogens (primary N) is 1. The molecule has 0 aromatic carbocycles. The van der Waals surface area contributed by atoms with Crippen molar-refractivity contribution in [2.75, 3.05) is 6.61 Å². The molecule has 0 bridgehead atoms. The molecule has 0 rings (SSSR count). The Hall–Kier alpha value is -2.20. The van der Waals surface area contributed by atoms with Crippen LogP contribution >= 0.6 is 0 Å². The summed E-state index contributed by atoms with van der Waals surface area (Å²) in [6.07, 6.45) is -0.644. The lowest BCUT2D eigenvalue weighted by atomic mass is 10.0. The monoisotopic (exact) mass is 319 g/mol. The zero-order valence-electron chi connectivity index (χ0n) is 12.3. The van der Waals surface area contributed by atoms with E-state index in [0.29, 0.717) is 0 Å². The Morgan fingerprint density at radius 3 is 1.95 bits per heavy atom. The topological polar surface area (TPSA) is 179 Å². The van der Waals surface area contributed by atoms with Gasteiger partial charge in [0.1, 0.15) is 12.1 Å². The molecule has 10 nitrogen and oxygen atoms in total. The third-order valence-corrected chi connectivity index (χ3v) is 2.78. The van der Waals surface area contributed by atoms with Gasteiger partial charge in [0.25, 0.3) is 0 Å². The highest BCUT2D eigenvalue weighted by atomic mass is 16.4. The molecular weight excluding hydrogens is 298 g/mol. The maximum atomic E-state index is 11.9. The largest absolute Gasteiger partial charge is 0.481 e. The molecule has 0 aromatic rings. The minimum atomic E-state index is -1.42. The van der Waals surface area contributed by atoms with Gasteiger partial charge in [-0.05, 0) is 5.92 Å². The Morgan fingerprint density at radius 2 is 1.59 bits per heavy atom. The highest BCUT2D eigenvalue weighted by molar-refractivity contribution is 5.93. The molecule has 0 fully saturated rings. The Kier molecular flexibility index (Phi) is 8.05. The molecule has 0 aliphatic heterocycles. The second kappa shape index (κ2) is 8.95. The molecule has 0 saturated carbocycles. The van der Waals surface area contributed by atoms with Gasteiger partial charge in [0, 0.05) is 0 Å². The normalized spacial score (nSPS) is 14.8. The summed E-state index contributed by atoms with van der Waals surface area (Å²) in [5, 5.41) is 30.9. The lowest BCUT2D eigenvalue weighted by Gasteiger charge is -2.22. The average Bonchev–Trinajstić information content (AvgIpc) is 2.39. The number of hydrogen-bond acceptors (Lipinski definition) is 6. The van der Waals surface area contributed by atoms with E-state index in [9.17, 15) is 19.2 Å². The van der Waals surface area contributed by atoms with E-state index in [0.717, 1.165) is 0 Å². The number of nitrogens with one attached hydrogen (secondary N) is 2. The van der Waals surface area contributed by atoms with Crippen LogP contribution in [0.3, 0.4) is 0 Å². The number of carbonyl (C=O) groups excluding carboxylic acids is 2. The van der Waals surface area contributed by atoms with E-state index in [1.807, 2.05) is 0 Å². The van der Waals surface area contributed by atoms with Crippen molar-refractivity contribution >= 4 is 23.8 Å². The summed E-state index contributed by atoms with van der Waals surface area (Å²) >= 11 is 0. The molecule has 0 saturated heterocycles. The summed E-state index contributed by atoms with van der Waals surface area (Å²) < 4.78 is 0. The van der Waals surface area contributed by atoms with Crippen molar-refractivity contribution in [1.29, 1.82) is 0 Å². The lowest BCUT2D eigenvalue weighted by molar-refractivity contribution is -0.144. The summed E-state index contributed by atoms with van der Waals surface area (Å²) in [5.74, 6) is -4.80. The number of aliphatic hydroxyl groups is 1. The van der Waals surface area contributed by atoms with E-state index in [4.69, 9.17) is 21.1 Å². The first-order valence-electron chi connectivity index (χ1n) is 6.51. The molecule has 126 valence electrons. The fourth-order valence-corrected chi connectivity index (χ4v) is 1.52. The van der Waals surface area contributed by atoms with Gasteiger partial charge in [0.05, 0.1) is 19.1 Å². The molecule has 0 heterocycles.